The fourth-order valence-corrected chi connectivity index (χ4v) is 0.183. The Morgan fingerprint density at radius 1 is 1.43 bits per heavy atom. The van der Waals surface area contributed by atoms with Crippen LogP contribution in [0.25, 0.3) is 0 Å². The highest BCUT2D eigenvalue weighted by Crippen LogP contribution is 1.97. The topological polar surface area (TPSA) is 47.6 Å². The average Bonchev–Trinajstić information content (AvgIpc) is 1.72. The first-order valence-electron chi connectivity index (χ1n) is 2.01. The summed E-state index contributed by atoms with van der Waals surface area (Å²) < 4.78 is 0. The van der Waals surface area contributed by atoms with Crippen molar-refractivity contribution >= 4 is 0 Å². The van der Waals surface area contributed by atoms with Gasteiger partial charge in [-0.25, -0.2) is 0 Å². The van der Waals surface area contributed by atoms with Gasteiger partial charge in [0.1, 0.15) is 0 Å². The Kier molecular flexibility index (Phi) is 2.72. The van der Waals surface area contributed by atoms with E-state index in [1.165, 1.54) is 0 Å². The minimum Gasteiger partial charge on any atom is -0.196 e. The molecule has 0 spiro atoms. The van der Waals surface area contributed by atoms with Crippen LogP contribution in [0.1, 0.15) is 13.3 Å². The lowest BCUT2D eigenvalue weighted by atomic mass is 10.1. The van der Waals surface area contributed by atoms with Crippen LogP contribution < -0.4 is 0 Å². The minimum atomic E-state index is 0.292. The maximum absolute atomic E-state index is 8.02. The molecule has 0 bridgehead atoms. The molecule has 0 aliphatic carbocycles. The van der Waals surface area contributed by atoms with E-state index >= 15 is 0 Å². The Bertz CT molecular complexity index is 101. The third kappa shape index (κ3) is 1.78. The van der Waals surface area contributed by atoms with Crippen LogP contribution in [0.4, 0.5) is 0 Å². The van der Waals surface area contributed by atoms with E-state index in [0.717, 1.165) is 0 Å². The van der Waals surface area contributed by atoms with Crippen LogP contribution in [0.15, 0.2) is 0 Å². The van der Waals surface area contributed by atoms with Gasteiger partial charge in [0.05, 0.1) is 12.1 Å². The molecule has 1 radical (unpaired) electrons. The van der Waals surface area contributed by atoms with Gasteiger partial charge in [0.2, 0.25) is 0 Å². The normalized spacial score (nSPS) is 7.43. The standard InChI is InChI=1S/C5H5N2/c1-2-5(3-6)4-7/h2H2,1H3. The van der Waals surface area contributed by atoms with Crippen molar-refractivity contribution in [2.24, 2.45) is 0 Å². The third-order valence-electron chi connectivity index (χ3n) is 0.623. The molecule has 0 aromatic rings. The van der Waals surface area contributed by atoms with E-state index in [0.29, 0.717) is 12.3 Å². The predicted octanol–water partition coefficient (Wildman–Crippen LogP) is 1.02. The number of nitrogens with zero attached hydrogens (tertiary/aromatic N) is 2. The van der Waals surface area contributed by atoms with E-state index in [1.807, 2.05) is 0 Å². The van der Waals surface area contributed by atoms with Gasteiger partial charge in [-0.05, 0) is 6.42 Å². The molecule has 0 rings (SSSR count). The van der Waals surface area contributed by atoms with Crippen LogP contribution >= 0.6 is 0 Å². The third-order valence-corrected chi connectivity index (χ3v) is 0.623. The molecule has 0 atom stereocenters. The van der Waals surface area contributed by atoms with Crippen LogP contribution in [0.2, 0.25) is 0 Å². The van der Waals surface area contributed by atoms with Crippen molar-refractivity contribution in [3.8, 4) is 12.1 Å². The summed E-state index contributed by atoms with van der Waals surface area (Å²) >= 11 is 0. The zero-order valence-electron chi connectivity index (χ0n) is 4.10. The smallest absolute Gasteiger partial charge is 0.175 e. The van der Waals surface area contributed by atoms with E-state index in [-0.39, 0.29) is 0 Å². The van der Waals surface area contributed by atoms with Crippen LogP contribution in [0.5, 0.6) is 0 Å². The second kappa shape index (κ2) is 3.18. The van der Waals surface area contributed by atoms with Gasteiger partial charge >= 0.3 is 0 Å². The second-order valence-corrected chi connectivity index (χ2v) is 1.06. The minimum absolute atomic E-state index is 0.292. The Morgan fingerprint density at radius 2 is 1.86 bits per heavy atom. The van der Waals surface area contributed by atoms with Crippen LogP contribution in [-0.2, 0) is 0 Å². The summed E-state index contributed by atoms with van der Waals surface area (Å²) in [5.74, 6) is 0.292. The van der Waals surface area contributed by atoms with Gasteiger partial charge in [-0.2, -0.15) is 10.5 Å². The van der Waals surface area contributed by atoms with Crippen LogP contribution in [-0.4, -0.2) is 0 Å². The van der Waals surface area contributed by atoms with Gasteiger partial charge in [0, 0.05) is 0 Å². The highest BCUT2D eigenvalue weighted by molar-refractivity contribution is 5.25. The first-order chi connectivity index (χ1) is 3.35. The Morgan fingerprint density at radius 3 is 1.86 bits per heavy atom. The van der Waals surface area contributed by atoms with Crippen molar-refractivity contribution in [3.05, 3.63) is 5.92 Å². The highest BCUT2D eigenvalue weighted by atomic mass is 14.3. The van der Waals surface area contributed by atoms with E-state index in [9.17, 15) is 0 Å². The van der Waals surface area contributed by atoms with Gasteiger partial charge in [0.15, 0.2) is 5.92 Å². The molecule has 0 unspecified atom stereocenters. The summed E-state index contributed by atoms with van der Waals surface area (Å²) in [6.07, 6.45) is 0.549. The molecule has 0 fully saturated rings. The molecule has 2 nitrogen and oxygen atoms in total. The lowest BCUT2D eigenvalue weighted by Crippen LogP contribution is -1.82. The fraction of sp³-hybridized carbons (Fsp3) is 0.400. The summed E-state index contributed by atoms with van der Waals surface area (Å²) in [7, 11) is 0. The van der Waals surface area contributed by atoms with Crippen molar-refractivity contribution in [1.82, 2.24) is 0 Å². The van der Waals surface area contributed by atoms with Crippen molar-refractivity contribution in [3.63, 3.8) is 0 Å². The number of nitriles is 2. The number of hydrogen-bond acceptors (Lipinski definition) is 2. The largest absolute Gasteiger partial charge is 0.196 e. The van der Waals surface area contributed by atoms with Crippen LogP contribution in [0, 0.1) is 28.6 Å². The number of hydrogen-bond donors (Lipinski definition) is 0. The molecule has 0 heterocycles. The molecule has 35 valence electrons. The monoisotopic (exact) mass is 93.0 g/mol. The molecule has 0 N–H and O–H groups in total. The average molecular weight is 93.1 g/mol. The molecule has 0 amide bonds. The van der Waals surface area contributed by atoms with Crippen molar-refractivity contribution in [1.29, 1.82) is 10.5 Å². The van der Waals surface area contributed by atoms with E-state index < -0.39 is 0 Å². The molecule has 0 saturated carbocycles. The lowest BCUT2D eigenvalue weighted by Gasteiger charge is -1.82. The lowest BCUT2D eigenvalue weighted by molar-refractivity contribution is 1.06. The van der Waals surface area contributed by atoms with Crippen molar-refractivity contribution < 1.29 is 0 Å². The van der Waals surface area contributed by atoms with Crippen molar-refractivity contribution in [2.75, 3.05) is 0 Å². The first kappa shape index (κ1) is 5.98. The molecule has 0 aromatic carbocycles. The summed E-state index contributed by atoms with van der Waals surface area (Å²) in [4.78, 5) is 0. The molecular weight excluding hydrogens is 88.1 g/mol. The SMILES string of the molecule is CC[C](C#N)C#N. The Balaban J connectivity index is 3.50. The predicted molar refractivity (Wildman–Crippen MR) is 24.8 cm³/mol. The van der Waals surface area contributed by atoms with Gasteiger partial charge in [-0.15, -0.1) is 0 Å². The van der Waals surface area contributed by atoms with Gasteiger partial charge < -0.3 is 0 Å². The van der Waals surface area contributed by atoms with Gasteiger partial charge in [0.25, 0.3) is 0 Å². The summed E-state index contributed by atoms with van der Waals surface area (Å²) in [6.45, 7) is 1.78. The number of rotatable bonds is 1. The zero-order chi connectivity index (χ0) is 5.70. The maximum Gasteiger partial charge on any atom is 0.175 e. The first-order valence-corrected chi connectivity index (χ1v) is 2.01. The highest BCUT2D eigenvalue weighted by Gasteiger charge is 1.98. The Labute approximate surface area is 43.0 Å². The molecule has 0 saturated heterocycles. The quantitative estimate of drug-likeness (QED) is 0.485. The molecule has 2 heteroatoms. The maximum atomic E-state index is 8.02. The van der Waals surface area contributed by atoms with E-state index in [4.69, 9.17) is 10.5 Å². The molecule has 7 heavy (non-hydrogen) atoms. The molecular formula is C5H5N2. The van der Waals surface area contributed by atoms with E-state index in [1.54, 1.807) is 19.1 Å². The fourth-order valence-electron chi connectivity index (χ4n) is 0.183. The van der Waals surface area contributed by atoms with Gasteiger partial charge in [-0.1, -0.05) is 6.92 Å². The van der Waals surface area contributed by atoms with Crippen molar-refractivity contribution in [2.45, 2.75) is 13.3 Å². The second-order valence-electron chi connectivity index (χ2n) is 1.06. The molecule has 0 aliphatic heterocycles. The summed E-state index contributed by atoms with van der Waals surface area (Å²) in [6, 6.07) is 3.51. The molecule has 0 aliphatic rings. The Hall–Kier alpha value is -1.02. The van der Waals surface area contributed by atoms with Crippen LogP contribution in [0.3, 0.4) is 0 Å². The van der Waals surface area contributed by atoms with E-state index in [2.05, 4.69) is 0 Å². The summed E-state index contributed by atoms with van der Waals surface area (Å²) in [5, 5.41) is 16.0. The summed E-state index contributed by atoms with van der Waals surface area (Å²) in [5.41, 5.74) is 0. The zero-order valence-corrected chi connectivity index (χ0v) is 4.10. The molecule has 0 aromatic heterocycles. The van der Waals surface area contributed by atoms with Gasteiger partial charge in [-0.3, -0.25) is 0 Å².